The Balaban J connectivity index is 2.12. The summed E-state index contributed by atoms with van der Waals surface area (Å²) < 4.78 is 24.8. The SMILES string of the molecule is CCC(COP(NC(C(=O)OC(C)C)C(C)C)Oc1ccccc1)OC(C)n1ccc(=O)[nH]c1=O. The average molecular weight is 510 g/mol. The molecular weight excluding hydrogens is 473 g/mol. The molecule has 0 bridgehead atoms. The van der Waals surface area contributed by atoms with E-state index in [-0.39, 0.29) is 30.7 Å². The first-order valence-electron chi connectivity index (χ1n) is 11.7. The lowest BCUT2D eigenvalue weighted by Gasteiger charge is -2.28. The van der Waals surface area contributed by atoms with Crippen molar-refractivity contribution in [3.05, 3.63) is 63.4 Å². The molecule has 1 aromatic heterocycles. The molecule has 2 N–H and O–H groups in total. The van der Waals surface area contributed by atoms with Crippen LogP contribution in [0.3, 0.4) is 0 Å². The van der Waals surface area contributed by atoms with Crippen molar-refractivity contribution in [1.29, 1.82) is 0 Å². The van der Waals surface area contributed by atoms with Gasteiger partial charge in [0.15, 0.2) is 0 Å². The molecule has 4 atom stereocenters. The van der Waals surface area contributed by atoms with E-state index >= 15 is 0 Å². The highest BCUT2D eigenvalue weighted by Crippen LogP contribution is 2.37. The van der Waals surface area contributed by atoms with Crippen molar-refractivity contribution in [1.82, 2.24) is 14.6 Å². The van der Waals surface area contributed by atoms with E-state index in [1.165, 1.54) is 16.8 Å². The number of carbonyl (C=O) groups excluding carboxylic acids is 1. The van der Waals surface area contributed by atoms with Gasteiger partial charge < -0.3 is 18.5 Å². The van der Waals surface area contributed by atoms with Crippen LogP contribution in [0.5, 0.6) is 5.75 Å². The standard InChI is InChI=1S/C24H36N3O7P/c1-7-19(33-18(6)27-14-13-21(28)25-24(27)30)15-31-35(34-20-11-9-8-10-12-20)26-22(16(2)3)23(29)32-17(4)5/h8-14,16-19,22,26H,7,15H2,1-6H3,(H,25,28,30). The molecule has 35 heavy (non-hydrogen) atoms. The Hall–Kier alpha value is -2.52. The molecule has 2 rings (SSSR count). The minimum absolute atomic E-state index is 0.0698. The number of nitrogens with one attached hydrogen (secondary N) is 2. The molecule has 0 saturated heterocycles. The minimum Gasteiger partial charge on any atom is -0.462 e. The number of para-hydroxylation sites is 1. The number of hydrogen-bond donors (Lipinski definition) is 2. The fourth-order valence-corrected chi connectivity index (χ4v) is 4.45. The van der Waals surface area contributed by atoms with Crippen molar-refractivity contribution >= 4 is 14.5 Å². The molecule has 1 aromatic carbocycles. The minimum atomic E-state index is -1.74. The summed E-state index contributed by atoms with van der Waals surface area (Å²) >= 11 is 0. The Morgan fingerprint density at radius 2 is 1.77 bits per heavy atom. The first kappa shape index (κ1) is 28.7. The average Bonchev–Trinajstić information content (AvgIpc) is 2.79. The van der Waals surface area contributed by atoms with Crippen LogP contribution >= 0.6 is 8.53 Å². The van der Waals surface area contributed by atoms with Gasteiger partial charge in [-0.05, 0) is 45.2 Å². The molecule has 194 valence electrons. The number of rotatable bonds is 14. The van der Waals surface area contributed by atoms with E-state index in [9.17, 15) is 14.4 Å². The fraction of sp³-hybridized carbons (Fsp3) is 0.542. The van der Waals surface area contributed by atoms with Crippen molar-refractivity contribution in [2.75, 3.05) is 6.61 Å². The molecule has 1 heterocycles. The summed E-state index contributed by atoms with van der Waals surface area (Å²) in [5, 5.41) is 3.18. The van der Waals surface area contributed by atoms with E-state index in [4.69, 9.17) is 18.5 Å². The third kappa shape index (κ3) is 9.57. The first-order chi connectivity index (χ1) is 16.6. The molecule has 4 unspecified atom stereocenters. The number of H-pyrrole nitrogens is 1. The zero-order valence-corrected chi connectivity index (χ0v) is 22.0. The number of ether oxygens (including phenoxy) is 2. The first-order valence-corrected chi connectivity index (χ1v) is 12.9. The van der Waals surface area contributed by atoms with Gasteiger partial charge in [0.25, 0.3) is 5.56 Å². The van der Waals surface area contributed by atoms with Crippen LogP contribution in [0.2, 0.25) is 0 Å². The van der Waals surface area contributed by atoms with E-state index in [2.05, 4.69) is 10.1 Å². The van der Waals surface area contributed by atoms with Crippen molar-refractivity contribution in [3.63, 3.8) is 0 Å². The molecule has 0 amide bonds. The summed E-state index contributed by atoms with van der Waals surface area (Å²) in [6.07, 6.45) is 0.727. The van der Waals surface area contributed by atoms with Crippen LogP contribution < -0.4 is 20.9 Å². The number of aromatic amines is 1. The molecule has 0 spiro atoms. The third-order valence-electron chi connectivity index (χ3n) is 4.91. The molecule has 0 saturated carbocycles. The van der Waals surface area contributed by atoms with E-state index < -0.39 is 32.0 Å². The fourth-order valence-electron chi connectivity index (χ4n) is 3.02. The van der Waals surface area contributed by atoms with Gasteiger partial charge in [-0.15, -0.1) is 0 Å². The molecule has 0 aliphatic carbocycles. The maximum Gasteiger partial charge on any atom is 0.330 e. The van der Waals surface area contributed by atoms with E-state index in [0.29, 0.717) is 12.2 Å². The Bertz CT molecular complexity index is 1030. The van der Waals surface area contributed by atoms with E-state index in [1.54, 1.807) is 32.9 Å². The Morgan fingerprint density at radius 1 is 1.09 bits per heavy atom. The van der Waals surface area contributed by atoms with Crippen molar-refractivity contribution in [3.8, 4) is 5.75 Å². The predicted octanol–water partition coefficient (Wildman–Crippen LogP) is 3.74. The smallest absolute Gasteiger partial charge is 0.330 e. The summed E-state index contributed by atoms with van der Waals surface area (Å²) in [5.74, 6) is 0.143. The van der Waals surface area contributed by atoms with E-state index in [0.717, 1.165) is 0 Å². The molecule has 0 radical (unpaired) electrons. The van der Waals surface area contributed by atoms with Gasteiger partial charge in [-0.25, -0.2) is 9.88 Å². The summed E-state index contributed by atoms with van der Waals surface area (Å²) in [6, 6.07) is 9.80. The number of benzene rings is 1. The Labute approximate surface area is 206 Å². The van der Waals surface area contributed by atoms with Crippen LogP contribution in [0.25, 0.3) is 0 Å². The second-order valence-electron chi connectivity index (χ2n) is 8.58. The highest BCUT2D eigenvalue weighted by Gasteiger charge is 2.30. The second-order valence-corrected chi connectivity index (χ2v) is 9.79. The van der Waals surface area contributed by atoms with Crippen molar-refractivity contribution in [2.45, 2.75) is 72.4 Å². The normalized spacial score (nSPS) is 15.0. The molecule has 10 nitrogen and oxygen atoms in total. The maximum atomic E-state index is 12.7. The topological polar surface area (TPSA) is 121 Å². The van der Waals surface area contributed by atoms with Crippen molar-refractivity contribution in [2.24, 2.45) is 5.92 Å². The number of carbonyl (C=O) groups is 1. The summed E-state index contributed by atoms with van der Waals surface area (Å²) in [6.45, 7) is 11.2. The highest BCUT2D eigenvalue weighted by atomic mass is 31.2. The molecular formula is C24H36N3O7P. The van der Waals surface area contributed by atoms with Gasteiger partial charge in [-0.3, -0.25) is 19.1 Å². The van der Waals surface area contributed by atoms with Crippen LogP contribution in [-0.4, -0.2) is 40.4 Å². The number of nitrogens with zero attached hydrogens (tertiary/aromatic N) is 1. The van der Waals surface area contributed by atoms with Crippen LogP contribution in [-0.2, 0) is 18.8 Å². The van der Waals surface area contributed by atoms with Crippen LogP contribution in [0.1, 0.15) is 54.2 Å². The van der Waals surface area contributed by atoms with Gasteiger partial charge in [-0.1, -0.05) is 39.0 Å². The Morgan fingerprint density at radius 3 is 2.34 bits per heavy atom. The lowest BCUT2D eigenvalue weighted by molar-refractivity contribution is -0.150. The molecule has 2 aromatic rings. The number of esters is 1. The lowest BCUT2D eigenvalue weighted by Crippen LogP contribution is -2.41. The van der Waals surface area contributed by atoms with Gasteiger partial charge in [-0.2, -0.15) is 0 Å². The summed E-state index contributed by atoms with van der Waals surface area (Å²) in [5.41, 5.74) is -1.03. The largest absolute Gasteiger partial charge is 0.462 e. The van der Waals surface area contributed by atoms with Crippen LogP contribution in [0.15, 0.2) is 52.2 Å². The maximum absolute atomic E-state index is 12.7. The van der Waals surface area contributed by atoms with Crippen molar-refractivity contribution < 1.29 is 23.3 Å². The van der Waals surface area contributed by atoms with Gasteiger partial charge in [0.05, 0.1) is 18.8 Å². The quantitative estimate of drug-likeness (QED) is 0.292. The zero-order valence-electron chi connectivity index (χ0n) is 21.1. The zero-order chi connectivity index (χ0) is 26.0. The van der Waals surface area contributed by atoms with Gasteiger partial charge >= 0.3 is 20.2 Å². The second kappa shape index (κ2) is 14.1. The third-order valence-corrected chi connectivity index (χ3v) is 6.16. The van der Waals surface area contributed by atoms with Gasteiger partial charge in [0.1, 0.15) is 18.0 Å². The monoisotopic (exact) mass is 509 g/mol. The van der Waals surface area contributed by atoms with E-state index in [1.807, 2.05) is 39.0 Å². The molecule has 0 fully saturated rings. The molecule has 0 aliphatic heterocycles. The molecule has 0 aliphatic rings. The highest BCUT2D eigenvalue weighted by molar-refractivity contribution is 7.45. The predicted molar refractivity (Wildman–Crippen MR) is 134 cm³/mol. The number of hydrogen-bond acceptors (Lipinski definition) is 8. The summed E-state index contributed by atoms with van der Waals surface area (Å²) in [7, 11) is -1.74. The van der Waals surface area contributed by atoms with Crippen LogP contribution in [0.4, 0.5) is 0 Å². The lowest BCUT2D eigenvalue weighted by atomic mass is 10.1. The van der Waals surface area contributed by atoms with Gasteiger partial charge in [0.2, 0.25) is 0 Å². The summed E-state index contributed by atoms with van der Waals surface area (Å²) in [4.78, 5) is 38.3. The van der Waals surface area contributed by atoms with Crippen LogP contribution in [0, 0.1) is 5.92 Å². The molecule has 11 heteroatoms. The Kier molecular flexibility index (Phi) is 11.6. The number of aromatic nitrogens is 2. The van der Waals surface area contributed by atoms with Gasteiger partial charge in [0, 0.05) is 12.3 Å².